The highest BCUT2D eigenvalue weighted by atomic mass is 16.5. The number of benzene rings is 9. The Bertz CT molecular complexity index is 3200. The van der Waals surface area contributed by atoms with Crippen molar-refractivity contribution in [2.45, 2.75) is 5.41 Å². The maximum atomic E-state index is 6.83. The highest BCUT2D eigenvalue weighted by Crippen LogP contribution is 2.64. The van der Waals surface area contributed by atoms with Crippen molar-refractivity contribution in [2.24, 2.45) is 0 Å². The van der Waals surface area contributed by atoms with Crippen LogP contribution >= 0.6 is 0 Å². The molecule has 0 saturated heterocycles. The van der Waals surface area contributed by atoms with E-state index in [2.05, 4.69) is 193 Å². The first-order valence-corrected chi connectivity index (χ1v) is 19.2. The molecular formula is C53H33NO2. The van der Waals surface area contributed by atoms with Crippen LogP contribution < -0.4 is 9.64 Å². The van der Waals surface area contributed by atoms with Crippen LogP contribution in [0.5, 0.6) is 11.5 Å². The van der Waals surface area contributed by atoms with E-state index in [1.54, 1.807) is 0 Å². The van der Waals surface area contributed by atoms with Gasteiger partial charge in [-0.2, -0.15) is 0 Å². The predicted molar refractivity (Wildman–Crippen MR) is 229 cm³/mol. The normalized spacial score (nSPS) is 15.0. The third-order valence-electron chi connectivity index (χ3n) is 11.9. The molecule has 12 rings (SSSR count). The Hall–Kier alpha value is -7.36. The second-order valence-electron chi connectivity index (χ2n) is 14.8. The van der Waals surface area contributed by atoms with Crippen LogP contribution in [0, 0.1) is 0 Å². The maximum Gasteiger partial charge on any atom is 0.137 e. The topological polar surface area (TPSA) is 25.6 Å². The lowest BCUT2D eigenvalue weighted by atomic mass is 9.65. The third kappa shape index (κ3) is 4.28. The van der Waals surface area contributed by atoms with Crippen molar-refractivity contribution in [1.82, 2.24) is 0 Å². The quantitative estimate of drug-likeness (QED) is 0.181. The molecule has 1 aliphatic carbocycles. The van der Waals surface area contributed by atoms with Gasteiger partial charge in [-0.15, -0.1) is 0 Å². The van der Waals surface area contributed by atoms with Gasteiger partial charge in [0, 0.05) is 44.9 Å². The van der Waals surface area contributed by atoms with Crippen LogP contribution in [-0.2, 0) is 5.41 Å². The van der Waals surface area contributed by atoms with Gasteiger partial charge in [-0.1, -0.05) is 146 Å². The summed E-state index contributed by atoms with van der Waals surface area (Å²) in [4.78, 5) is 2.40. The first kappa shape index (κ1) is 31.0. The largest absolute Gasteiger partial charge is 0.457 e. The van der Waals surface area contributed by atoms with E-state index in [1.807, 2.05) is 12.1 Å². The average molecular weight is 716 g/mol. The second kappa shape index (κ2) is 11.8. The minimum atomic E-state index is -0.639. The van der Waals surface area contributed by atoms with Crippen LogP contribution in [0.2, 0.25) is 0 Å². The fraction of sp³-hybridized carbons (Fsp3) is 0.0189. The van der Waals surface area contributed by atoms with Gasteiger partial charge in [-0.25, -0.2) is 0 Å². The zero-order valence-corrected chi connectivity index (χ0v) is 30.3. The minimum Gasteiger partial charge on any atom is -0.457 e. The van der Waals surface area contributed by atoms with E-state index in [0.717, 1.165) is 67.2 Å². The lowest BCUT2D eigenvalue weighted by Crippen LogP contribution is -2.32. The van der Waals surface area contributed by atoms with E-state index in [4.69, 9.17) is 9.15 Å². The summed E-state index contributed by atoms with van der Waals surface area (Å²) in [6, 6.07) is 72.0. The number of hydrogen-bond donors (Lipinski definition) is 0. The van der Waals surface area contributed by atoms with E-state index in [-0.39, 0.29) is 0 Å². The van der Waals surface area contributed by atoms with Gasteiger partial charge >= 0.3 is 0 Å². The first-order valence-electron chi connectivity index (χ1n) is 19.2. The molecule has 3 heteroatoms. The third-order valence-corrected chi connectivity index (χ3v) is 11.9. The summed E-state index contributed by atoms with van der Waals surface area (Å²) in [6.07, 6.45) is 0. The highest BCUT2D eigenvalue weighted by Gasteiger charge is 2.52. The molecule has 2 aliphatic rings. The molecule has 1 unspecified atom stereocenters. The number of para-hydroxylation sites is 3. The predicted octanol–water partition coefficient (Wildman–Crippen LogP) is 14.3. The lowest BCUT2D eigenvalue weighted by Gasteiger charge is -2.40. The number of nitrogens with zero attached hydrogens (tertiary/aromatic N) is 1. The minimum absolute atomic E-state index is 0.639. The van der Waals surface area contributed by atoms with Crippen molar-refractivity contribution in [1.29, 1.82) is 0 Å². The molecule has 1 aromatic heterocycles. The van der Waals surface area contributed by atoms with Crippen molar-refractivity contribution in [3.05, 3.63) is 222 Å². The van der Waals surface area contributed by atoms with Crippen molar-refractivity contribution in [2.75, 3.05) is 4.90 Å². The van der Waals surface area contributed by atoms with Gasteiger partial charge in [0.05, 0.1) is 11.1 Å². The zero-order chi connectivity index (χ0) is 36.8. The number of hydrogen-bond acceptors (Lipinski definition) is 3. The average Bonchev–Trinajstić information content (AvgIpc) is 3.77. The Balaban J connectivity index is 1.18. The van der Waals surface area contributed by atoms with E-state index in [0.29, 0.717) is 0 Å². The molecule has 56 heavy (non-hydrogen) atoms. The molecule has 9 aromatic carbocycles. The second-order valence-corrected chi connectivity index (χ2v) is 14.8. The summed E-state index contributed by atoms with van der Waals surface area (Å²) < 4.78 is 13.3. The Kier molecular flexibility index (Phi) is 6.55. The Morgan fingerprint density at radius 3 is 1.96 bits per heavy atom. The van der Waals surface area contributed by atoms with Crippen LogP contribution in [0.25, 0.3) is 55.0 Å². The van der Waals surface area contributed by atoms with E-state index >= 15 is 0 Å². The Morgan fingerprint density at radius 1 is 0.393 bits per heavy atom. The summed E-state index contributed by atoms with van der Waals surface area (Å²) in [6.45, 7) is 0. The summed E-state index contributed by atoms with van der Waals surface area (Å²) in [5, 5.41) is 4.60. The van der Waals surface area contributed by atoms with E-state index in [9.17, 15) is 0 Å². The molecule has 0 saturated carbocycles. The smallest absolute Gasteiger partial charge is 0.137 e. The summed E-state index contributed by atoms with van der Waals surface area (Å²) in [5.41, 5.74) is 13.8. The summed E-state index contributed by atoms with van der Waals surface area (Å²) in [5.74, 6) is 1.77. The molecule has 1 aliphatic heterocycles. The van der Waals surface area contributed by atoms with Crippen molar-refractivity contribution >= 4 is 49.8 Å². The van der Waals surface area contributed by atoms with E-state index in [1.165, 1.54) is 38.6 Å². The van der Waals surface area contributed by atoms with Gasteiger partial charge < -0.3 is 14.1 Å². The zero-order valence-electron chi connectivity index (χ0n) is 30.3. The molecule has 262 valence electrons. The molecule has 1 spiro atoms. The molecule has 0 radical (unpaired) electrons. The van der Waals surface area contributed by atoms with Crippen molar-refractivity contribution < 1.29 is 9.15 Å². The van der Waals surface area contributed by atoms with Crippen LogP contribution in [-0.4, -0.2) is 0 Å². The number of ether oxygens (including phenoxy) is 1. The van der Waals surface area contributed by atoms with Gasteiger partial charge in [-0.05, 0) is 87.1 Å². The van der Waals surface area contributed by atoms with Gasteiger partial charge in [0.25, 0.3) is 0 Å². The fourth-order valence-electron chi connectivity index (χ4n) is 9.62. The molecular weight excluding hydrogens is 683 g/mol. The van der Waals surface area contributed by atoms with Crippen LogP contribution in [0.4, 0.5) is 17.1 Å². The van der Waals surface area contributed by atoms with Crippen LogP contribution in [0.15, 0.2) is 205 Å². The Labute approximate surface area is 324 Å². The number of anilines is 3. The molecule has 0 fully saturated rings. The number of furan rings is 1. The standard InChI is InChI=1S/C53H33NO2/c1-2-14-34(15-3-1)38-17-7-11-23-47(38)54(37-28-30-43-42-20-8-12-24-48(42)55-51(43)33-37)36-27-29-41-40-19-6-9-21-44(40)53(46(41)32-36)45-22-10-13-25-49(45)56-50-31-26-35-16-4-5-18-39(35)52(50)53/h1-33H. The number of fused-ring (bicyclic) bond motifs is 14. The van der Waals surface area contributed by atoms with Crippen LogP contribution in [0.3, 0.4) is 0 Å². The molecule has 0 bridgehead atoms. The summed E-state index contributed by atoms with van der Waals surface area (Å²) in [7, 11) is 0. The van der Waals surface area contributed by atoms with Crippen molar-refractivity contribution in [3.63, 3.8) is 0 Å². The molecule has 0 amide bonds. The van der Waals surface area contributed by atoms with Gasteiger partial charge in [0.2, 0.25) is 0 Å². The number of rotatable bonds is 4. The molecule has 2 heterocycles. The molecule has 10 aromatic rings. The molecule has 1 atom stereocenters. The van der Waals surface area contributed by atoms with Gasteiger partial charge in [0.1, 0.15) is 22.7 Å². The molecule has 3 nitrogen and oxygen atoms in total. The maximum absolute atomic E-state index is 6.83. The van der Waals surface area contributed by atoms with E-state index < -0.39 is 5.41 Å². The first-order chi connectivity index (χ1) is 27.8. The van der Waals surface area contributed by atoms with Gasteiger partial charge in [0.15, 0.2) is 0 Å². The Morgan fingerprint density at radius 2 is 1.05 bits per heavy atom. The van der Waals surface area contributed by atoms with Crippen molar-refractivity contribution in [3.8, 4) is 33.8 Å². The fourth-order valence-corrected chi connectivity index (χ4v) is 9.62. The van der Waals surface area contributed by atoms with Gasteiger partial charge in [-0.3, -0.25) is 0 Å². The monoisotopic (exact) mass is 715 g/mol. The highest BCUT2D eigenvalue weighted by molar-refractivity contribution is 6.06. The summed E-state index contributed by atoms with van der Waals surface area (Å²) >= 11 is 0. The van der Waals surface area contributed by atoms with Crippen LogP contribution in [0.1, 0.15) is 22.3 Å². The molecule has 0 N–H and O–H groups in total. The SMILES string of the molecule is c1ccc(-c2ccccc2N(c2ccc3c(c2)C2(c4ccccc4Oc4ccc5ccccc5c42)c2ccccc2-3)c2ccc3c(c2)oc2ccccc23)cc1. The lowest BCUT2D eigenvalue weighted by molar-refractivity contribution is 0.438.